The number of sulfonamides is 1. The van der Waals surface area contributed by atoms with Gasteiger partial charge in [-0.1, -0.05) is 31.7 Å². The SMILES string of the molecule is O=S(=O)(Nc1ccc(NC2CCCCCC2)nn1)c1cccs1. The Bertz CT molecular complexity index is 706. The predicted molar refractivity (Wildman–Crippen MR) is 92.3 cm³/mol. The topological polar surface area (TPSA) is 84.0 Å². The van der Waals surface area contributed by atoms with Gasteiger partial charge in [-0.15, -0.1) is 21.5 Å². The van der Waals surface area contributed by atoms with Gasteiger partial charge in [0.1, 0.15) is 10.0 Å². The lowest BCUT2D eigenvalue weighted by atomic mass is 10.1. The van der Waals surface area contributed by atoms with Crippen LogP contribution in [0.4, 0.5) is 11.6 Å². The molecule has 0 aromatic carbocycles. The molecule has 0 amide bonds. The van der Waals surface area contributed by atoms with Crippen LogP contribution < -0.4 is 10.0 Å². The molecule has 0 saturated heterocycles. The van der Waals surface area contributed by atoms with Gasteiger partial charge in [0.25, 0.3) is 10.0 Å². The summed E-state index contributed by atoms with van der Waals surface area (Å²) in [5.41, 5.74) is 0. The van der Waals surface area contributed by atoms with Gasteiger partial charge in [-0.2, -0.15) is 0 Å². The zero-order chi connectivity index (χ0) is 16.1. The van der Waals surface area contributed by atoms with E-state index in [1.807, 2.05) is 0 Å². The average molecular weight is 352 g/mol. The summed E-state index contributed by atoms with van der Waals surface area (Å²) < 4.78 is 26.9. The van der Waals surface area contributed by atoms with E-state index in [1.165, 1.54) is 37.0 Å². The number of nitrogens with zero attached hydrogens (tertiary/aromatic N) is 2. The van der Waals surface area contributed by atoms with Gasteiger partial charge in [0.05, 0.1) is 0 Å². The molecule has 1 aliphatic carbocycles. The van der Waals surface area contributed by atoms with Crippen molar-refractivity contribution in [1.82, 2.24) is 10.2 Å². The first-order valence-electron chi connectivity index (χ1n) is 7.80. The lowest BCUT2D eigenvalue weighted by Crippen LogP contribution is -2.19. The van der Waals surface area contributed by atoms with Crippen molar-refractivity contribution in [2.75, 3.05) is 10.0 Å². The van der Waals surface area contributed by atoms with E-state index < -0.39 is 10.0 Å². The first-order valence-corrected chi connectivity index (χ1v) is 10.2. The molecule has 0 spiro atoms. The molecule has 1 aliphatic rings. The second kappa shape index (κ2) is 7.27. The van der Waals surface area contributed by atoms with Gasteiger partial charge in [-0.25, -0.2) is 8.42 Å². The minimum Gasteiger partial charge on any atom is -0.366 e. The molecule has 3 rings (SSSR count). The second-order valence-electron chi connectivity index (χ2n) is 5.67. The summed E-state index contributed by atoms with van der Waals surface area (Å²) in [5, 5.41) is 13.2. The number of hydrogen-bond acceptors (Lipinski definition) is 6. The highest BCUT2D eigenvalue weighted by molar-refractivity contribution is 7.94. The van der Waals surface area contributed by atoms with Gasteiger partial charge < -0.3 is 5.32 Å². The highest BCUT2D eigenvalue weighted by Gasteiger charge is 2.16. The highest BCUT2D eigenvalue weighted by Crippen LogP contribution is 2.21. The van der Waals surface area contributed by atoms with E-state index in [4.69, 9.17) is 0 Å². The van der Waals surface area contributed by atoms with Gasteiger partial charge in [0.15, 0.2) is 5.82 Å². The summed E-state index contributed by atoms with van der Waals surface area (Å²) in [6.07, 6.45) is 7.37. The van der Waals surface area contributed by atoms with Gasteiger partial charge in [-0.3, -0.25) is 4.72 Å². The van der Waals surface area contributed by atoms with Gasteiger partial charge in [0.2, 0.25) is 0 Å². The molecule has 2 heterocycles. The minimum atomic E-state index is -3.57. The third-order valence-corrected chi connectivity index (χ3v) is 6.62. The van der Waals surface area contributed by atoms with Crippen LogP contribution in [-0.2, 0) is 10.0 Å². The first kappa shape index (κ1) is 16.2. The van der Waals surface area contributed by atoms with Crippen LogP contribution in [0, 0.1) is 0 Å². The van der Waals surface area contributed by atoms with Gasteiger partial charge in [0, 0.05) is 6.04 Å². The molecule has 0 atom stereocenters. The van der Waals surface area contributed by atoms with E-state index in [9.17, 15) is 8.42 Å². The third-order valence-electron chi connectivity index (χ3n) is 3.87. The Labute approximate surface area is 140 Å². The zero-order valence-corrected chi connectivity index (χ0v) is 14.4. The van der Waals surface area contributed by atoms with Crippen LogP contribution in [0.3, 0.4) is 0 Å². The first-order chi connectivity index (χ1) is 11.1. The molecule has 0 bridgehead atoms. The summed E-state index contributed by atoms with van der Waals surface area (Å²) >= 11 is 1.17. The molecule has 1 fully saturated rings. The summed E-state index contributed by atoms with van der Waals surface area (Å²) in [6.45, 7) is 0. The van der Waals surface area contributed by atoms with Gasteiger partial charge >= 0.3 is 0 Å². The summed E-state index contributed by atoms with van der Waals surface area (Å²) in [6, 6.07) is 7.09. The van der Waals surface area contributed by atoms with Crippen molar-refractivity contribution in [3.63, 3.8) is 0 Å². The molecule has 2 aromatic rings. The summed E-state index contributed by atoms with van der Waals surface area (Å²) in [5.74, 6) is 0.917. The molecule has 0 radical (unpaired) electrons. The summed E-state index contributed by atoms with van der Waals surface area (Å²) in [7, 11) is -3.57. The highest BCUT2D eigenvalue weighted by atomic mass is 32.2. The van der Waals surface area contributed by atoms with Crippen LogP contribution in [0.15, 0.2) is 33.9 Å². The molecule has 2 N–H and O–H groups in total. The van der Waals surface area contributed by atoms with Crippen LogP contribution in [-0.4, -0.2) is 24.7 Å². The Balaban J connectivity index is 1.63. The Morgan fingerprint density at radius 1 is 1.00 bits per heavy atom. The predicted octanol–water partition coefficient (Wildman–Crippen LogP) is 3.47. The molecule has 2 aromatic heterocycles. The number of nitrogens with one attached hydrogen (secondary N) is 2. The Kier molecular flexibility index (Phi) is 5.12. The van der Waals surface area contributed by atoms with Crippen molar-refractivity contribution in [3.8, 4) is 0 Å². The lowest BCUT2D eigenvalue weighted by Gasteiger charge is -2.16. The number of rotatable bonds is 5. The fourth-order valence-corrected chi connectivity index (χ4v) is 4.69. The number of aromatic nitrogens is 2. The van der Waals surface area contributed by atoms with Crippen LogP contribution in [0.1, 0.15) is 38.5 Å². The number of thiophene rings is 1. The van der Waals surface area contributed by atoms with Crippen LogP contribution in [0.25, 0.3) is 0 Å². The van der Waals surface area contributed by atoms with Crippen LogP contribution in [0.5, 0.6) is 0 Å². The molecule has 0 unspecified atom stereocenters. The molecule has 0 aliphatic heterocycles. The largest absolute Gasteiger partial charge is 0.366 e. The van der Waals surface area contributed by atoms with Crippen molar-refractivity contribution in [1.29, 1.82) is 0 Å². The normalized spacial score (nSPS) is 16.7. The maximum atomic E-state index is 12.1. The molecular weight excluding hydrogens is 332 g/mol. The van der Waals surface area contributed by atoms with Crippen molar-refractivity contribution in [3.05, 3.63) is 29.6 Å². The minimum absolute atomic E-state index is 0.227. The maximum absolute atomic E-state index is 12.1. The van der Waals surface area contributed by atoms with E-state index in [-0.39, 0.29) is 10.0 Å². The molecule has 8 heteroatoms. The quantitative estimate of drug-likeness (QED) is 0.805. The Morgan fingerprint density at radius 3 is 2.30 bits per heavy atom. The fourth-order valence-electron chi connectivity index (χ4n) is 2.70. The zero-order valence-electron chi connectivity index (χ0n) is 12.7. The van der Waals surface area contributed by atoms with E-state index in [0.29, 0.717) is 11.9 Å². The van der Waals surface area contributed by atoms with Crippen LogP contribution in [0.2, 0.25) is 0 Å². The van der Waals surface area contributed by atoms with Crippen molar-refractivity contribution < 1.29 is 8.42 Å². The van der Waals surface area contributed by atoms with Crippen LogP contribution >= 0.6 is 11.3 Å². The monoisotopic (exact) mass is 352 g/mol. The van der Waals surface area contributed by atoms with E-state index >= 15 is 0 Å². The fraction of sp³-hybridized carbons (Fsp3) is 0.467. The third kappa shape index (κ3) is 4.42. The van der Waals surface area contributed by atoms with E-state index in [2.05, 4.69) is 20.2 Å². The van der Waals surface area contributed by atoms with Gasteiger partial charge in [-0.05, 0) is 36.4 Å². The number of anilines is 2. The molecule has 124 valence electrons. The lowest BCUT2D eigenvalue weighted by molar-refractivity contribution is 0.602. The van der Waals surface area contributed by atoms with E-state index in [0.717, 1.165) is 12.8 Å². The molecule has 23 heavy (non-hydrogen) atoms. The smallest absolute Gasteiger partial charge is 0.272 e. The Hall–Kier alpha value is -1.67. The second-order valence-corrected chi connectivity index (χ2v) is 8.53. The molecule has 1 saturated carbocycles. The average Bonchev–Trinajstić information content (AvgIpc) is 2.97. The van der Waals surface area contributed by atoms with Crippen molar-refractivity contribution >= 4 is 33.0 Å². The molecular formula is C15H20N4O2S2. The van der Waals surface area contributed by atoms with Crippen molar-refractivity contribution in [2.45, 2.75) is 48.8 Å². The van der Waals surface area contributed by atoms with E-state index in [1.54, 1.807) is 29.6 Å². The van der Waals surface area contributed by atoms with Crippen molar-refractivity contribution in [2.24, 2.45) is 0 Å². The maximum Gasteiger partial charge on any atom is 0.272 e. The Morgan fingerprint density at radius 2 is 1.70 bits per heavy atom. The standard InChI is InChI=1S/C15H20N4O2S2/c20-23(21,15-8-5-11-22-15)19-14-10-9-13(17-18-14)16-12-6-3-1-2-4-7-12/h5,8-12H,1-4,6-7H2,(H,16,17)(H,18,19). The summed E-state index contributed by atoms with van der Waals surface area (Å²) in [4.78, 5) is 0. The molecule has 6 nitrogen and oxygen atoms in total. The number of hydrogen-bond donors (Lipinski definition) is 2.